The second-order valence-corrected chi connectivity index (χ2v) is 14.2. The van der Waals surface area contributed by atoms with Gasteiger partial charge in [-0.2, -0.15) is 0 Å². The van der Waals surface area contributed by atoms with E-state index in [4.69, 9.17) is 24.4 Å². The van der Waals surface area contributed by atoms with Gasteiger partial charge in [0, 0.05) is 43.8 Å². The first-order valence-electron chi connectivity index (χ1n) is 19.4. The average molecular weight is 745 g/mol. The fourth-order valence-electron chi connectivity index (χ4n) is 7.80. The summed E-state index contributed by atoms with van der Waals surface area (Å²) in [5.74, 6) is 1.27. The van der Waals surface area contributed by atoms with Crippen molar-refractivity contribution in [3.05, 3.63) is 200 Å². The van der Waals surface area contributed by atoms with Gasteiger partial charge in [0.05, 0.1) is 22.4 Å². The van der Waals surface area contributed by atoms with Gasteiger partial charge in [0.25, 0.3) is 0 Å². The van der Waals surface area contributed by atoms with E-state index < -0.39 is 0 Å². The van der Waals surface area contributed by atoms with Crippen LogP contribution in [0, 0.1) is 0 Å². The summed E-state index contributed by atoms with van der Waals surface area (Å²) in [6, 6.07) is 56.2. The molecule has 0 bridgehead atoms. The predicted octanol–water partition coefficient (Wildman–Crippen LogP) is 14.0. The highest BCUT2D eigenvalue weighted by Gasteiger charge is 2.19. The third-order valence-electron chi connectivity index (χ3n) is 10.7. The molecule has 0 amide bonds. The Balaban J connectivity index is 1.10. The lowest BCUT2D eigenvalue weighted by atomic mass is 9.99. The van der Waals surface area contributed by atoms with Crippen LogP contribution in [0.25, 0.3) is 106 Å². The van der Waals surface area contributed by atoms with Crippen LogP contribution in [0.15, 0.2) is 199 Å². The molecular formula is C53H36N4O. The Kier molecular flexibility index (Phi) is 8.81. The Morgan fingerprint density at radius 3 is 1.78 bits per heavy atom. The molecule has 5 nitrogen and oxygen atoms in total. The van der Waals surface area contributed by atoms with E-state index >= 15 is 0 Å². The molecule has 0 saturated carbocycles. The highest BCUT2D eigenvalue weighted by atomic mass is 16.3. The fourth-order valence-corrected chi connectivity index (χ4v) is 7.80. The molecule has 0 fully saturated rings. The Hall–Kier alpha value is -7.76. The van der Waals surface area contributed by atoms with Crippen LogP contribution in [0.3, 0.4) is 0 Å². The number of para-hydroxylation sites is 2. The van der Waals surface area contributed by atoms with Crippen LogP contribution in [-0.4, -0.2) is 19.9 Å². The molecule has 0 aliphatic carbocycles. The normalized spacial score (nSPS) is 12.0. The molecule has 274 valence electrons. The Morgan fingerprint density at radius 2 is 1.09 bits per heavy atom. The van der Waals surface area contributed by atoms with E-state index in [-0.39, 0.29) is 0 Å². The largest absolute Gasteiger partial charge is 0.456 e. The van der Waals surface area contributed by atoms with E-state index in [0.29, 0.717) is 11.6 Å². The van der Waals surface area contributed by atoms with Gasteiger partial charge in [-0.05, 0) is 65.6 Å². The van der Waals surface area contributed by atoms with Crippen molar-refractivity contribution in [2.75, 3.05) is 0 Å². The highest BCUT2D eigenvalue weighted by molar-refractivity contribution is 6.13. The van der Waals surface area contributed by atoms with Gasteiger partial charge < -0.3 is 4.42 Å². The molecule has 10 aromatic rings. The topological polar surface area (TPSA) is 64.7 Å². The lowest BCUT2D eigenvalue weighted by Gasteiger charge is -2.11. The molecule has 0 N–H and O–H groups in total. The maximum Gasteiger partial charge on any atom is 0.161 e. The molecule has 58 heavy (non-hydrogen) atoms. The second kappa shape index (κ2) is 14.7. The van der Waals surface area contributed by atoms with Gasteiger partial charge in [0.2, 0.25) is 0 Å². The molecule has 0 unspecified atom stereocenters. The molecule has 3 heterocycles. The Labute approximate surface area is 336 Å². The lowest BCUT2D eigenvalue weighted by molar-refractivity contribution is 0.669. The third kappa shape index (κ3) is 6.25. The van der Waals surface area contributed by atoms with Gasteiger partial charge in [0.1, 0.15) is 11.2 Å². The first-order valence-corrected chi connectivity index (χ1v) is 19.4. The third-order valence-corrected chi connectivity index (χ3v) is 10.7. The summed E-state index contributed by atoms with van der Waals surface area (Å²) in [4.78, 5) is 20.8. The van der Waals surface area contributed by atoms with Gasteiger partial charge in [-0.25, -0.2) is 19.9 Å². The molecular weight excluding hydrogens is 709 g/mol. The molecule has 0 spiro atoms. The number of furan rings is 1. The van der Waals surface area contributed by atoms with E-state index in [1.165, 1.54) is 5.56 Å². The minimum Gasteiger partial charge on any atom is -0.456 e. The van der Waals surface area contributed by atoms with E-state index in [1.807, 2.05) is 79.7 Å². The van der Waals surface area contributed by atoms with Crippen LogP contribution in [0.5, 0.6) is 0 Å². The van der Waals surface area contributed by atoms with Gasteiger partial charge in [-0.15, -0.1) is 0 Å². The zero-order valence-electron chi connectivity index (χ0n) is 31.8. The van der Waals surface area contributed by atoms with E-state index in [0.717, 1.165) is 94.1 Å². The summed E-state index contributed by atoms with van der Waals surface area (Å²) >= 11 is 0. The number of hydrogen-bond donors (Lipinski definition) is 0. The monoisotopic (exact) mass is 744 g/mol. The molecule has 0 aliphatic rings. The molecule has 0 radical (unpaired) electrons. The summed E-state index contributed by atoms with van der Waals surface area (Å²) in [5, 5.41) is 3.88. The summed E-state index contributed by atoms with van der Waals surface area (Å²) in [7, 11) is 0. The lowest BCUT2D eigenvalue weighted by Crippen LogP contribution is -1.96. The van der Waals surface area contributed by atoms with Crippen molar-refractivity contribution in [3.63, 3.8) is 0 Å². The first kappa shape index (κ1) is 34.7. The number of rotatable bonds is 8. The van der Waals surface area contributed by atoms with Crippen LogP contribution in [-0.2, 0) is 0 Å². The minimum absolute atomic E-state index is 0.628. The van der Waals surface area contributed by atoms with E-state index in [9.17, 15) is 0 Å². The van der Waals surface area contributed by atoms with Gasteiger partial charge in [-0.1, -0.05) is 158 Å². The summed E-state index contributed by atoms with van der Waals surface area (Å²) in [6.45, 7) is 5.86. The predicted molar refractivity (Wildman–Crippen MR) is 240 cm³/mol. The number of allylic oxidation sites excluding steroid dienone is 5. The second-order valence-electron chi connectivity index (χ2n) is 14.2. The van der Waals surface area contributed by atoms with Crippen LogP contribution in [0.2, 0.25) is 0 Å². The SMILES string of the molecule is C=C/C=C\C(=C/C)c1ccc(-c2nc(-c3cccc4oc5ccc(-c6nc(-c7ccc(-c8ccccc8)cc7)c7ccccc7n6)cc5c34)nc3ccccc23)cc1. The van der Waals surface area contributed by atoms with Crippen LogP contribution in [0.1, 0.15) is 12.5 Å². The van der Waals surface area contributed by atoms with Crippen molar-refractivity contribution in [2.45, 2.75) is 6.92 Å². The van der Waals surface area contributed by atoms with E-state index in [2.05, 4.69) is 116 Å². The van der Waals surface area contributed by atoms with Gasteiger partial charge in [-0.3, -0.25) is 0 Å². The first-order chi connectivity index (χ1) is 28.6. The van der Waals surface area contributed by atoms with Crippen molar-refractivity contribution in [2.24, 2.45) is 0 Å². The Morgan fingerprint density at radius 1 is 0.500 bits per heavy atom. The van der Waals surface area contributed by atoms with E-state index in [1.54, 1.807) is 6.08 Å². The molecule has 3 aromatic heterocycles. The molecule has 10 rings (SSSR count). The smallest absolute Gasteiger partial charge is 0.161 e. The summed E-state index contributed by atoms with van der Waals surface area (Å²) in [5.41, 5.74) is 13.4. The van der Waals surface area contributed by atoms with Crippen LogP contribution < -0.4 is 0 Å². The zero-order chi connectivity index (χ0) is 39.0. The molecule has 7 aromatic carbocycles. The highest BCUT2D eigenvalue weighted by Crippen LogP contribution is 2.40. The summed E-state index contributed by atoms with van der Waals surface area (Å²) in [6.07, 6.45) is 7.91. The molecule has 0 aliphatic heterocycles. The van der Waals surface area contributed by atoms with Crippen molar-refractivity contribution in [1.82, 2.24) is 19.9 Å². The summed E-state index contributed by atoms with van der Waals surface area (Å²) < 4.78 is 6.48. The number of hydrogen-bond acceptors (Lipinski definition) is 5. The van der Waals surface area contributed by atoms with Gasteiger partial charge >= 0.3 is 0 Å². The molecule has 5 heteroatoms. The molecule has 0 saturated heterocycles. The standard InChI is InChI=1S/C53H36N4O/c1-3-5-14-34(4-2)36-23-27-39(28-24-36)51-42-18-10-12-21-46(42)55-53(57-51)43-19-13-22-48-49(43)44-33-40(31-32-47(44)58-48)52-54-45-20-11-9-17-41(45)50(56-52)38-29-25-37(26-30-38)35-15-7-6-8-16-35/h3-33H,1H2,2H3/b14-5-,34-4+. The van der Waals surface area contributed by atoms with Gasteiger partial charge in [0.15, 0.2) is 11.6 Å². The number of fused-ring (bicyclic) bond motifs is 5. The maximum absolute atomic E-state index is 6.48. The zero-order valence-corrected chi connectivity index (χ0v) is 31.8. The Bertz CT molecular complexity index is 3230. The van der Waals surface area contributed by atoms with Crippen LogP contribution in [0.4, 0.5) is 0 Å². The van der Waals surface area contributed by atoms with Crippen molar-refractivity contribution >= 4 is 49.3 Å². The number of benzene rings is 7. The van der Waals surface area contributed by atoms with Crippen molar-refractivity contribution < 1.29 is 4.42 Å². The van der Waals surface area contributed by atoms with Crippen molar-refractivity contribution in [1.29, 1.82) is 0 Å². The maximum atomic E-state index is 6.48. The minimum atomic E-state index is 0.628. The van der Waals surface area contributed by atoms with Crippen molar-refractivity contribution in [3.8, 4) is 56.4 Å². The molecule has 0 atom stereocenters. The number of nitrogens with zero attached hydrogens (tertiary/aromatic N) is 4. The quantitative estimate of drug-likeness (QED) is 0.145. The fraction of sp³-hybridized carbons (Fsp3) is 0.0189. The average Bonchev–Trinajstić information content (AvgIpc) is 3.67. The van der Waals surface area contributed by atoms with Crippen LogP contribution >= 0.6 is 0 Å². The number of aromatic nitrogens is 4.